The maximum Gasteiger partial charge on any atom is 0.275 e. The van der Waals surface area contributed by atoms with E-state index in [0.717, 1.165) is 12.1 Å². The molecule has 112 valence electrons. The highest BCUT2D eigenvalue weighted by molar-refractivity contribution is 6.08. The fraction of sp³-hybridized carbons (Fsp3) is 0.333. The standard InChI is InChI=1S/C12H17N7O2/c1-3-7-5-9(19(4-2)17-7)12(20)15-11-8(6-14-16-11)10(13)18-21/h5-6,21H,3-4H2,1-2H3,(H2,13,18)(H2,14,15,16,20). The van der Waals surface area contributed by atoms with Crippen LogP contribution < -0.4 is 11.1 Å². The predicted molar refractivity (Wildman–Crippen MR) is 76.3 cm³/mol. The van der Waals surface area contributed by atoms with Crippen LogP contribution in [0.25, 0.3) is 0 Å². The maximum atomic E-state index is 12.3. The molecule has 0 fully saturated rings. The molecule has 0 spiro atoms. The lowest BCUT2D eigenvalue weighted by atomic mass is 10.2. The molecule has 2 aromatic heterocycles. The Balaban J connectivity index is 2.26. The summed E-state index contributed by atoms with van der Waals surface area (Å²) >= 11 is 0. The maximum absolute atomic E-state index is 12.3. The van der Waals surface area contributed by atoms with Crippen molar-refractivity contribution >= 4 is 17.6 Å². The van der Waals surface area contributed by atoms with Crippen molar-refractivity contribution in [2.75, 3.05) is 5.32 Å². The molecule has 0 aromatic carbocycles. The van der Waals surface area contributed by atoms with E-state index in [1.54, 1.807) is 10.7 Å². The second-order valence-electron chi connectivity index (χ2n) is 4.29. The van der Waals surface area contributed by atoms with E-state index in [1.807, 2.05) is 13.8 Å². The van der Waals surface area contributed by atoms with Gasteiger partial charge in [0.2, 0.25) is 0 Å². The van der Waals surface area contributed by atoms with E-state index in [4.69, 9.17) is 10.9 Å². The molecule has 0 atom stereocenters. The molecule has 9 heteroatoms. The molecule has 0 radical (unpaired) electrons. The summed E-state index contributed by atoms with van der Waals surface area (Å²) in [5.41, 5.74) is 7.09. The van der Waals surface area contributed by atoms with Crippen LogP contribution in [0.3, 0.4) is 0 Å². The first-order valence-electron chi connectivity index (χ1n) is 6.50. The zero-order chi connectivity index (χ0) is 15.4. The summed E-state index contributed by atoms with van der Waals surface area (Å²) < 4.78 is 1.62. The van der Waals surface area contributed by atoms with Gasteiger partial charge in [0.05, 0.1) is 17.5 Å². The van der Waals surface area contributed by atoms with Gasteiger partial charge in [0.25, 0.3) is 5.91 Å². The molecule has 9 nitrogen and oxygen atoms in total. The van der Waals surface area contributed by atoms with Crippen LogP contribution in [0.2, 0.25) is 0 Å². The Kier molecular flexibility index (Phi) is 4.21. The lowest BCUT2D eigenvalue weighted by Gasteiger charge is -2.06. The molecule has 2 aromatic rings. The van der Waals surface area contributed by atoms with Gasteiger partial charge < -0.3 is 16.3 Å². The lowest BCUT2D eigenvalue weighted by Crippen LogP contribution is -2.20. The van der Waals surface area contributed by atoms with Crippen LogP contribution in [0.4, 0.5) is 5.82 Å². The lowest BCUT2D eigenvalue weighted by molar-refractivity contribution is 0.101. The van der Waals surface area contributed by atoms with Crippen LogP contribution in [-0.2, 0) is 13.0 Å². The van der Waals surface area contributed by atoms with Gasteiger partial charge in [0.15, 0.2) is 5.84 Å². The van der Waals surface area contributed by atoms with Gasteiger partial charge in [0.1, 0.15) is 11.5 Å². The first kappa shape index (κ1) is 14.6. The van der Waals surface area contributed by atoms with Crippen molar-refractivity contribution < 1.29 is 10.0 Å². The second kappa shape index (κ2) is 6.07. The van der Waals surface area contributed by atoms with E-state index in [0.29, 0.717) is 17.8 Å². The van der Waals surface area contributed by atoms with Gasteiger partial charge in [-0.25, -0.2) is 0 Å². The zero-order valence-corrected chi connectivity index (χ0v) is 11.8. The van der Waals surface area contributed by atoms with Crippen LogP contribution >= 0.6 is 0 Å². The van der Waals surface area contributed by atoms with E-state index >= 15 is 0 Å². The molecule has 0 aliphatic heterocycles. The van der Waals surface area contributed by atoms with Crippen LogP contribution in [0.1, 0.15) is 35.6 Å². The number of nitrogens with zero attached hydrogens (tertiary/aromatic N) is 4. The quantitative estimate of drug-likeness (QED) is 0.276. The van der Waals surface area contributed by atoms with E-state index in [2.05, 4.69) is 25.8 Å². The van der Waals surface area contributed by atoms with Gasteiger partial charge in [-0.3, -0.25) is 14.6 Å². The van der Waals surface area contributed by atoms with Crippen molar-refractivity contribution in [1.29, 1.82) is 0 Å². The van der Waals surface area contributed by atoms with Gasteiger partial charge in [0, 0.05) is 6.54 Å². The van der Waals surface area contributed by atoms with E-state index < -0.39 is 0 Å². The molecule has 2 heterocycles. The number of carbonyl (C=O) groups is 1. The van der Waals surface area contributed by atoms with E-state index in [1.165, 1.54) is 6.20 Å². The third-order valence-corrected chi connectivity index (χ3v) is 2.99. The molecule has 21 heavy (non-hydrogen) atoms. The van der Waals surface area contributed by atoms with Gasteiger partial charge in [-0.2, -0.15) is 10.2 Å². The normalized spacial score (nSPS) is 11.6. The molecular formula is C12H17N7O2. The average molecular weight is 291 g/mol. The number of aromatic nitrogens is 4. The van der Waals surface area contributed by atoms with Crippen LogP contribution in [-0.4, -0.2) is 36.9 Å². The number of hydrogen-bond donors (Lipinski definition) is 4. The minimum atomic E-state index is -0.347. The number of nitrogens with two attached hydrogens (primary N) is 1. The summed E-state index contributed by atoms with van der Waals surface area (Å²) in [4.78, 5) is 12.3. The highest BCUT2D eigenvalue weighted by Crippen LogP contribution is 2.13. The van der Waals surface area contributed by atoms with Crippen LogP contribution in [0.15, 0.2) is 17.4 Å². The Labute approximate surface area is 120 Å². The molecule has 0 aliphatic rings. The molecule has 2 rings (SSSR count). The van der Waals surface area contributed by atoms with Crippen molar-refractivity contribution in [3.05, 3.63) is 29.2 Å². The summed E-state index contributed by atoms with van der Waals surface area (Å²) in [6.45, 7) is 4.45. The number of aryl methyl sites for hydroxylation is 2. The number of anilines is 1. The largest absolute Gasteiger partial charge is 0.409 e. The minimum absolute atomic E-state index is 0.141. The molecule has 0 saturated carbocycles. The average Bonchev–Trinajstić information content (AvgIpc) is 3.12. The van der Waals surface area contributed by atoms with Gasteiger partial charge in [-0.15, -0.1) is 0 Å². The van der Waals surface area contributed by atoms with Crippen molar-refractivity contribution in [3.8, 4) is 0 Å². The molecule has 1 amide bonds. The zero-order valence-electron chi connectivity index (χ0n) is 11.8. The minimum Gasteiger partial charge on any atom is -0.409 e. The Hall–Kier alpha value is -2.84. The number of amides is 1. The number of nitrogens with one attached hydrogen (secondary N) is 2. The number of aromatic amines is 1. The summed E-state index contributed by atoms with van der Waals surface area (Å²) in [5, 5.41) is 24.9. The molecule has 0 unspecified atom stereocenters. The number of oxime groups is 1. The SMILES string of the molecule is CCc1cc(C(=O)Nc2[nH]ncc2C(N)=NO)n(CC)n1. The van der Waals surface area contributed by atoms with Crippen molar-refractivity contribution in [2.45, 2.75) is 26.8 Å². The van der Waals surface area contributed by atoms with Gasteiger partial charge in [-0.05, 0) is 19.4 Å². The predicted octanol–water partition coefficient (Wildman–Crippen LogP) is 0.535. The molecule has 5 N–H and O–H groups in total. The Morgan fingerprint density at radius 2 is 2.33 bits per heavy atom. The Morgan fingerprint density at radius 1 is 1.57 bits per heavy atom. The first-order valence-corrected chi connectivity index (χ1v) is 6.50. The van der Waals surface area contributed by atoms with E-state index in [-0.39, 0.29) is 17.6 Å². The fourth-order valence-corrected chi connectivity index (χ4v) is 1.87. The third-order valence-electron chi connectivity index (χ3n) is 2.99. The summed E-state index contributed by atoms with van der Waals surface area (Å²) in [6, 6.07) is 1.73. The third kappa shape index (κ3) is 2.86. The topological polar surface area (TPSA) is 134 Å². The highest BCUT2D eigenvalue weighted by atomic mass is 16.4. The Morgan fingerprint density at radius 3 is 2.95 bits per heavy atom. The van der Waals surface area contributed by atoms with Crippen molar-refractivity contribution in [2.24, 2.45) is 10.9 Å². The molecule has 0 saturated heterocycles. The van der Waals surface area contributed by atoms with E-state index in [9.17, 15) is 4.79 Å². The second-order valence-corrected chi connectivity index (χ2v) is 4.29. The van der Waals surface area contributed by atoms with Crippen molar-refractivity contribution in [1.82, 2.24) is 20.0 Å². The Bertz CT molecular complexity index is 671. The number of H-pyrrole nitrogens is 1. The highest BCUT2D eigenvalue weighted by Gasteiger charge is 2.17. The molecule has 0 bridgehead atoms. The summed E-state index contributed by atoms with van der Waals surface area (Å²) in [7, 11) is 0. The first-order chi connectivity index (χ1) is 10.1. The summed E-state index contributed by atoms with van der Waals surface area (Å²) in [6.07, 6.45) is 2.10. The number of carbonyl (C=O) groups excluding carboxylic acids is 1. The fourth-order valence-electron chi connectivity index (χ4n) is 1.87. The van der Waals surface area contributed by atoms with Gasteiger partial charge in [-0.1, -0.05) is 12.1 Å². The smallest absolute Gasteiger partial charge is 0.275 e. The van der Waals surface area contributed by atoms with Crippen LogP contribution in [0, 0.1) is 0 Å². The number of hydrogen-bond acceptors (Lipinski definition) is 5. The van der Waals surface area contributed by atoms with Gasteiger partial charge >= 0.3 is 0 Å². The number of amidine groups is 1. The summed E-state index contributed by atoms with van der Waals surface area (Å²) in [5.74, 6) is -0.227. The molecule has 0 aliphatic carbocycles. The molecular weight excluding hydrogens is 274 g/mol. The number of rotatable bonds is 5. The monoisotopic (exact) mass is 291 g/mol. The van der Waals surface area contributed by atoms with Crippen LogP contribution in [0.5, 0.6) is 0 Å². The van der Waals surface area contributed by atoms with Crippen molar-refractivity contribution in [3.63, 3.8) is 0 Å².